The van der Waals surface area contributed by atoms with Gasteiger partial charge in [-0.2, -0.15) is 0 Å². The van der Waals surface area contributed by atoms with Crippen LogP contribution in [-0.4, -0.2) is 21.2 Å². The number of aromatic nitrogens is 2. The fourth-order valence-electron chi connectivity index (χ4n) is 4.19. The van der Waals surface area contributed by atoms with Crippen molar-refractivity contribution in [1.29, 1.82) is 0 Å². The molecule has 170 valence electrons. The first kappa shape index (κ1) is 22.0. The summed E-state index contributed by atoms with van der Waals surface area (Å²) < 4.78 is 7.16. The summed E-state index contributed by atoms with van der Waals surface area (Å²) in [5.41, 5.74) is 2.16. The number of nitrogens with one attached hydrogen (secondary N) is 1. The normalized spacial score (nSPS) is 15.5. The fourth-order valence-corrected chi connectivity index (χ4v) is 6.44. The van der Waals surface area contributed by atoms with Gasteiger partial charge in [0.25, 0.3) is 5.56 Å². The molecule has 1 unspecified atom stereocenters. The molecular formula is C25H25N3O3S2. The number of carbonyl (C=O) groups is 1. The lowest BCUT2D eigenvalue weighted by Crippen LogP contribution is -2.27. The third kappa shape index (κ3) is 4.77. The lowest BCUT2D eigenvalue weighted by atomic mass is 9.89. The standard InChI is InChI=1S/C25H25N3O3S2/c1-16-9-10-19-20(12-16)33-23-22(19)24(30)28(14-18-8-5-11-31-18)25(27-23)32-15-21(29)26-13-17-6-3-2-4-7-17/h2-8,11,16H,9-10,12-15H2,1H3,(H,26,29). The van der Waals surface area contributed by atoms with Crippen LogP contribution in [0, 0.1) is 5.92 Å². The Bertz CT molecular complexity index is 1330. The number of hydrogen-bond acceptors (Lipinski definition) is 6. The summed E-state index contributed by atoms with van der Waals surface area (Å²) >= 11 is 2.92. The van der Waals surface area contributed by atoms with Gasteiger partial charge < -0.3 is 9.73 Å². The number of aryl methyl sites for hydroxylation is 1. The number of benzene rings is 1. The van der Waals surface area contributed by atoms with Crippen LogP contribution in [0.4, 0.5) is 0 Å². The highest BCUT2D eigenvalue weighted by molar-refractivity contribution is 7.99. The fraction of sp³-hybridized carbons (Fsp3) is 0.320. The summed E-state index contributed by atoms with van der Waals surface area (Å²) in [6.07, 6.45) is 4.61. The van der Waals surface area contributed by atoms with Gasteiger partial charge in [0, 0.05) is 11.4 Å². The van der Waals surface area contributed by atoms with Crippen LogP contribution in [0.15, 0.2) is 63.1 Å². The van der Waals surface area contributed by atoms with Gasteiger partial charge in [-0.05, 0) is 48.4 Å². The smallest absolute Gasteiger partial charge is 0.263 e. The summed E-state index contributed by atoms with van der Waals surface area (Å²) in [6.45, 7) is 3.02. The third-order valence-electron chi connectivity index (χ3n) is 5.94. The van der Waals surface area contributed by atoms with Crippen molar-refractivity contribution in [2.24, 2.45) is 5.92 Å². The second kappa shape index (κ2) is 9.57. The predicted molar refractivity (Wildman–Crippen MR) is 132 cm³/mol. The Morgan fingerprint density at radius 2 is 2.12 bits per heavy atom. The number of hydrogen-bond donors (Lipinski definition) is 1. The summed E-state index contributed by atoms with van der Waals surface area (Å²) in [4.78, 5) is 33.0. The molecule has 3 heterocycles. The minimum Gasteiger partial charge on any atom is -0.467 e. The predicted octanol–water partition coefficient (Wildman–Crippen LogP) is 4.63. The molecule has 1 aromatic carbocycles. The highest BCUT2D eigenvalue weighted by Crippen LogP contribution is 2.36. The molecule has 1 amide bonds. The molecule has 1 N–H and O–H groups in total. The SMILES string of the molecule is CC1CCc2c(sc3nc(SCC(=O)NCc4ccccc4)n(Cc4ccco4)c(=O)c23)C1. The van der Waals surface area contributed by atoms with E-state index in [0.29, 0.717) is 29.9 Å². The number of nitrogens with zero attached hydrogens (tertiary/aromatic N) is 2. The molecule has 33 heavy (non-hydrogen) atoms. The van der Waals surface area contributed by atoms with Gasteiger partial charge >= 0.3 is 0 Å². The zero-order valence-electron chi connectivity index (χ0n) is 18.4. The average Bonchev–Trinajstić information content (AvgIpc) is 3.46. The Kier molecular flexibility index (Phi) is 6.37. The molecule has 3 aromatic heterocycles. The van der Waals surface area contributed by atoms with Crippen molar-refractivity contribution in [2.75, 3.05) is 5.75 Å². The van der Waals surface area contributed by atoms with Gasteiger partial charge in [0.15, 0.2) is 5.16 Å². The van der Waals surface area contributed by atoms with Crippen LogP contribution >= 0.6 is 23.1 Å². The Balaban J connectivity index is 1.42. The molecule has 0 spiro atoms. The molecule has 1 atom stereocenters. The van der Waals surface area contributed by atoms with Crippen molar-refractivity contribution in [3.8, 4) is 0 Å². The highest BCUT2D eigenvalue weighted by Gasteiger charge is 2.25. The molecule has 0 saturated carbocycles. The Hall–Kier alpha value is -2.84. The van der Waals surface area contributed by atoms with E-state index in [1.807, 2.05) is 42.5 Å². The van der Waals surface area contributed by atoms with E-state index in [9.17, 15) is 9.59 Å². The van der Waals surface area contributed by atoms with Crippen molar-refractivity contribution >= 4 is 39.2 Å². The van der Waals surface area contributed by atoms with E-state index in [4.69, 9.17) is 9.40 Å². The van der Waals surface area contributed by atoms with Crippen molar-refractivity contribution in [2.45, 2.75) is 44.4 Å². The lowest BCUT2D eigenvalue weighted by molar-refractivity contribution is -0.118. The molecule has 6 nitrogen and oxygen atoms in total. The largest absolute Gasteiger partial charge is 0.467 e. The van der Waals surface area contributed by atoms with Gasteiger partial charge in [0.2, 0.25) is 5.91 Å². The average molecular weight is 480 g/mol. The van der Waals surface area contributed by atoms with Crippen LogP contribution < -0.4 is 10.9 Å². The molecule has 0 saturated heterocycles. The monoisotopic (exact) mass is 479 g/mol. The minimum absolute atomic E-state index is 0.0457. The molecule has 4 aromatic rings. The van der Waals surface area contributed by atoms with E-state index in [2.05, 4.69) is 12.2 Å². The molecule has 0 bridgehead atoms. The second-order valence-corrected chi connectivity index (χ2v) is 10.5. The van der Waals surface area contributed by atoms with Crippen LogP contribution in [0.3, 0.4) is 0 Å². The maximum atomic E-state index is 13.6. The van der Waals surface area contributed by atoms with Crippen molar-refractivity contribution in [3.63, 3.8) is 0 Å². The van der Waals surface area contributed by atoms with E-state index in [1.165, 1.54) is 16.6 Å². The first-order valence-electron chi connectivity index (χ1n) is 11.1. The summed E-state index contributed by atoms with van der Waals surface area (Å²) in [5, 5.41) is 4.23. The van der Waals surface area contributed by atoms with Gasteiger partial charge in [-0.15, -0.1) is 11.3 Å². The second-order valence-electron chi connectivity index (χ2n) is 8.45. The highest BCUT2D eigenvalue weighted by atomic mass is 32.2. The van der Waals surface area contributed by atoms with E-state index in [1.54, 1.807) is 22.2 Å². The van der Waals surface area contributed by atoms with E-state index >= 15 is 0 Å². The molecule has 8 heteroatoms. The Labute approximate surface area is 200 Å². The summed E-state index contributed by atoms with van der Waals surface area (Å²) in [7, 11) is 0. The number of amides is 1. The summed E-state index contributed by atoms with van der Waals surface area (Å²) in [6, 6.07) is 13.5. The van der Waals surface area contributed by atoms with Gasteiger partial charge in [-0.25, -0.2) is 4.98 Å². The maximum Gasteiger partial charge on any atom is 0.263 e. The van der Waals surface area contributed by atoms with Gasteiger partial charge in [-0.3, -0.25) is 14.2 Å². The van der Waals surface area contributed by atoms with Gasteiger partial charge in [-0.1, -0.05) is 49.0 Å². The molecule has 0 aliphatic heterocycles. The van der Waals surface area contributed by atoms with Crippen LogP contribution in [0.25, 0.3) is 10.2 Å². The van der Waals surface area contributed by atoms with Crippen LogP contribution in [0.2, 0.25) is 0 Å². The third-order valence-corrected chi connectivity index (χ3v) is 8.06. The summed E-state index contributed by atoms with van der Waals surface area (Å²) in [5.74, 6) is 1.40. The first-order valence-corrected chi connectivity index (χ1v) is 12.9. The first-order chi connectivity index (χ1) is 16.1. The van der Waals surface area contributed by atoms with Crippen molar-refractivity contribution in [3.05, 3.63) is 80.8 Å². The van der Waals surface area contributed by atoms with Crippen molar-refractivity contribution in [1.82, 2.24) is 14.9 Å². The number of fused-ring (bicyclic) bond motifs is 3. The molecule has 5 rings (SSSR count). The number of thioether (sulfide) groups is 1. The molecule has 0 radical (unpaired) electrons. The zero-order chi connectivity index (χ0) is 22.8. The van der Waals surface area contributed by atoms with Crippen molar-refractivity contribution < 1.29 is 9.21 Å². The number of thiophene rings is 1. The van der Waals surface area contributed by atoms with E-state index in [-0.39, 0.29) is 17.2 Å². The van der Waals surface area contributed by atoms with E-state index in [0.717, 1.165) is 40.6 Å². The number of carbonyl (C=O) groups excluding carboxylic acids is 1. The molecular weight excluding hydrogens is 454 g/mol. The molecule has 1 aliphatic rings. The number of furan rings is 1. The van der Waals surface area contributed by atoms with E-state index < -0.39 is 0 Å². The number of rotatable bonds is 7. The lowest BCUT2D eigenvalue weighted by Gasteiger charge is -2.17. The Morgan fingerprint density at radius 3 is 2.91 bits per heavy atom. The van der Waals surface area contributed by atoms with Gasteiger partial charge in [0.1, 0.15) is 10.6 Å². The van der Waals surface area contributed by atoms with Gasteiger partial charge in [0.05, 0.1) is 23.9 Å². The quantitative estimate of drug-likeness (QED) is 0.309. The Morgan fingerprint density at radius 1 is 1.27 bits per heavy atom. The van der Waals surface area contributed by atoms with Crippen LogP contribution in [0.5, 0.6) is 0 Å². The maximum absolute atomic E-state index is 13.6. The zero-order valence-corrected chi connectivity index (χ0v) is 20.0. The molecule has 1 aliphatic carbocycles. The topological polar surface area (TPSA) is 77.1 Å². The minimum atomic E-state index is -0.0953. The molecule has 0 fully saturated rings. The van der Waals surface area contributed by atoms with Crippen LogP contribution in [0.1, 0.15) is 35.1 Å². The van der Waals surface area contributed by atoms with Crippen LogP contribution in [-0.2, 0) is 30.7 Å².